The lowest BCUT2D eigenvalue weighted by Gasteiger charge is -2.04. The van der Waals surface area contributed by atoms with E-state index in [9.17, 15) is 4.79 Å². The molecule has 10 nitrogen and oxygen atoms in total. The molecule has 0 aliphatic carbocycles. The van der Waals surface area contributed by atoms with Crippen molar-refractivity contribution in [3.05, 3.63) is 47.9 Å². The van der Waals surface area contributed by atoms with Crippen molar-refractivity contribution in [2.75, 3.05) is 7.11 Å². The minimum absolute atomic E-state index is 0.0882. The minimum Gasteiger partial charge on any atom is -0.497 e. The highest BCUT2D eigenvalue weighted by Gasteiger charge is 2.12. The Morgan fingerprint density at radius 1 is 1.28 bits per heavy atom. The molecule has 0 saturated heterocycles. The quantitative estimate of drug-likeness (QED) is 0.666. The van der Waals surface area contributed by atoms with E-state index in [1.165, 1.54) is 10.9 Å². The number of hydrogen-bond acceptors (Lipinski definition) is 8. The van der Waals surface area contributed by atoms with Gasteiger partial charge in [0.1, 0.15) is 11.5 Å². The van der Waals surface area contributed by atoms with E-state index in [1.807, 2.05) is 0 Å². The summed E-state index contributed by atoms with van der Waals surface area (Å²) in [4.78, 5) is 16.0. The molecule has 2 heterocycles. The molecule has 0 bridgehead atoms. The molecule has 3 aromatic rings. The van der Waals surface area contributed by atoms with Crippen LogP contribution >= 0.6 is 0 Å². The van der Waals surface area contributed by atoms with Gasteiger partial charge in [-0.2, -0.15) is 4.98 Å². The van der Waals surface area contributed by atoms with E-state index in [0.717, 1.165) is 5.75 Å². The zero-order valence-electron chi connectivity index (χ0n) is 13.7. The molecule has 0 fully saturated rings. The molecule has 130 valence electrons. The molecule has 1 aromatic carbocycles. The molecule has 3 rings (SSSR count). The second-order valence-corrected chi connectivity index (χ2v) is 5.03. The first kappa shape index (κ1) is 16.4. The van der Waals surface area contributed by atoms with Gasteiger partial charge in [0.05, 0.1) is 19.9 Å². The summed E-state index contributed by atoms with van der Waals surface area (Å²) in [6.07, 6.45) is 1.51. The van der Waals surface area contributed by atoms with Crippen LogP contribution in [0.5, 0.6) is 11.5 Å². The summed E-state index contributed by atoms with van der Waals surface area (Å²) in [5.41, 5.74) is 0.213. The van der Waals surface area contributed by atoms with E-state index in [1.54, 1.807) is 38.4 Å². The fourth-order valence-corrected chi connectivity index (χ4v) is 1.94. The fraction of sp³-hybridized carbons (Fsp3) is 0.267. The summed E-state index contributed by atoms with van der Waals surface area (Å²) in [5.74, 6) is 1.67. The van der Waals surface area contributed by atoms with Crippen LogP contribution < -0.4 is 14.8 Å². The van der Waals surface area contributed by atoms with Gasteiger partial charge >= 0.3 is 0 Å². The monoisotopic (exact) mass is 344 g/mol. The van der Waals surface area contributed by atoms with Crippen LogP contribution in [0.25, 0.3) is 0 Å². The van der Waals surface area contributed by atoms with Crippen LogP contribution in [-0.4, -0.2) is 38.2 Å². The maximum atomic E-state index is 11.8. The molecule has 1 N–H and O–H groups in total. The zero-order chi connectivity index (χ0) is 17.6. The number of hydrogen-bond donors (Lipinski definition) is 1. The van der Waals surface area contributed by atoms with Gasteiger partial charge in [0.2, 0.25) is 11.7 Å². The number of benzene rings is 1. The van der Waals surface area contributed by atoms with Gasteiger partial charge in [0.15, 0.2) is 12.3 Å². The van der Waals surface area contributed by atoms with Gasteiger partial charge in [-0.3, -0.25) is 9.48 Å². The molecule has 0 unspecified atom stereocenters. The fourth-order valence-electron chi connectivity index (χ4n) is 1.94. The van der Waals surface area contributed by atoms with Crippen molar-refractivity contribution in [3.63, 3.8) is 0 Å². The van der Waals surface area contributed by atoms with Crippen LogP contribution in [0.15, 0.2) is 35.0 Å². The molecule has 0 aliphatic rings. The number of carbonyl (C=O) groups excluding carboxylic acids is 1. The Morgan fingerprint density at radius 2 is 2.04 bits per heavy atom. The summed E-state index contributed by atoms with van der Waals surface area (Å²) in [5, 5.41) is 13.8. The Hall–Kier alpha value is -3.43. The van der Waals surface area contributed by atoms with Crippen LogP contribution in [-0.2, 0) is 20.2 Å². The molecule has 0 atom stereocenters. The molecular formula is C15H16N6O4. The van der Waals surface area contributed by atoms with Crippen molar-refractivity contribution in [2.24, 2.45) is 7.05 Å². The predicted octanol–water partition coefficient (Wildman–Crippen LogP) is 0.716. The lowest BCUT2D eigenvalue weighted by molar-refractivity contribution is 0.0941. The molecule has 25 heavy (non-hydrogen) atoms. The average molecular weight is 344 g/mol. The number of nitrogens with zero attached hydrogens (tertiary/aromatic N) is 5. The van der Waals surface area contributed by atoms with Gasteiger partial charge in [-0.1, -0.05) is 10.4 Å². The van der Waals surface area contributed by atoms with Gasteiger partial charge < -0.3 is 19.3 Å². The Labute approximate surface area is 142 Å². The normalized spacial score (nSPS) is 10.5. The summed E-state index contributed by atoms with van der Waals surface area (Å²) >= 11 is 0. The minimum atomic E-state index is -0.373. The molecule has 2 aromatic heterocycles. The van der Waals surface area contributed by atoms with E-state index in [2.05, 4.69) is 25.8 Å². The second kappa shape index (κ2) is 7.43. The third-order valence-corrected chi connectivity index (χ3v) is 3.17. The van der Waals surface area contributed by atoms with E-state index in [0.29, 0.717) is 11.6 Å². The van der Waals surface area contributed by atoms with Gasteiger partial charge in [-0.25, -0.2) is 0 Å². The molecule has 1 amide bonds. The van der Waals surface area contributed by atoms with Crippen molar-refractivity contribution >= 4 is 5.91 Å². The summed E-state index contributed by atoms with van der Waals surface area (Å²) in [6, 6.07) is 7.14. The summed E-state index contributed by atoms with van der Waals surface area (Å²) < 4.78 is 17.1. The van der Waals surface area contributed by atoms with Gasteiger partial charge in [-0.15, -0.1) is 5.10 Å². The lowest BCUT2D eigenvalue weighted by atomic mass is 10.3. The standard InChI is InChI=1S/C15H16N6O4/c1-21-8-12(18-20-21)15(22)16-7-14-17-13(19-25-14)9-24-11-5-3-10(23-2)4-6-11/h3-6,8H,7,9H2,1-2H3,(H,16,22). The van der Waals surface area contributed by atoms with Crippen LogP contribution in [0.1, 0.15) is 22.2 Å². The van der Waals surface area contributed by atoms with Crippen molar-refractivity contribution in [2.45, 2.75) is 13.2 Å². The van der Waals surface area contributed by atoms with Gasteiger partial charge in [0, 0.05) is 7.05 Å². The number of ether oxygens (including phenoxy) is 2. The number of aryl methyl sites for hydroxylation is 1. The number of rotatable bonds is 7. The van der Waals surface area contributed by atoms with Crippen molar-refractivity contribution in [1.29, 1.82) is 0 Å². The topological polar surface area (TPSA) is 117 Å². The first-order chi connectivity index (χ1) is 12.1. The smallest absolute Gasteiger partial charge is 0.273 e. The van der Waals surface area contributed by atoms with Crippen LogP contribution in [0, 0.1) is 0 Å². The summed E-state index contributed by atoms with van der Waals surface area (Å²) in [7, 11) is 3.27. The van der Waals surface area contributed by atoms with E-state index in [-0.39, 0.29) is 30.6 Å². The third kappa shape index (κ3) is 4.31. The summed E-state index contributed by atoms with van der Waals surface area (Å²) in [6.45, 7) is 0.235. The molecule has 10 heteroatoms. The number of carbonyl (C=O) groups is 1. The highest BCUT2D eigenvalue weighted by Crippen LogP contribution is 2.17. The van der Waals surface area contributed by atoms with Gasteiger partial charge in [0.25, 0.3) is 5.91 Å². The average Bonchev–Trinajstić information content (AvgIpc) is 3.27. The highest BCUT2D eigenvalue weighted by atomic mass is 16.5. The maximum Gasteiger partial charge on any atom is 0.273 e. The number of aromatic nitrogens is 5. The Balaban J connectivity index is 1.49. The second-order valence-electron chi connectivity index (χ2n) is 5.03. The molecular weight excluding hydrogens is 328 g/mol. The first-order valence-electron chi connectivity index (χ1n) is 7.37. The molecule has 0 radical (unpaired) electrons. The lowest BCUT2D eigenvalue weighted by Crippen LogP contribution is -2.23. The van der Waals surface area contributed by atoms with Crippen molar-refractivity contribution in [1.82, 2.24) is 30.5 Å². The van der Waals surface area contributed by atoms with Crippen molar-refractivity contribution in [3.8, 4) is 11.5 Å². The SMILES string of the molecule is COc1ccc(OCc2noc(CNC(=O)c3cn(C)nn3)n2)cc1. The molecule has 0 aliphatic heterocycles. The van der Waals surface area contributed by atoms with Crippen LogP contribution in [0.3, 0.4) is 0 Å². The van der Waals surface area contributed by atoms with Crippen LogP contribution in [0.4, 0.5) is 0 Å². The van der Waals surface area contributed by atoms with E-state index >= 15 is 0 Å². The predicted molar refractivity (Wildman–Crippen MR) is 83.8 cm³/mol. The van der Waals surface area contributed by atoms with Gasteiger partial charge in [-0.05, 0) is 24.3 Å². The van der Waals surface area contributed by atoms with Crippen molar-refractivity contribution < 1.29 is 18.8 Å². The zero-order valence-corrected chi connectivity index (χ0v) is 13.7. The maximum absolute atomic E-state index is 11.8. The number of amides is 1. The highest BCUT2D eigenvalue weighted by molar-refractivity contribution is 5.91. The first-order valence-corrected chi connectivity index (χ1v) is 7.37. The number of nitrogens with one attached hydrogen (secondary N) is 1. The Morgan fingerprint density at radius 3 is 2.72 bits per heavy atom. The Kier molecular flexibility index (Phi) is 4.88. The number of methoxy groups -OCH3 is 1. The molecule has 0 saturated carbocycles. The third-order valence-electron chi connectivity index (χ3n) is 3.17. The van der Waals surface area contributed by atoms with E-state index < -0.39 is 0 Å². The van der Waals surface area contributed by atoms with E-state index in [4.69, 9.17) is 14.0 Å². The molecule has 0 spiro atoms. The Bertz CT molecular complexity index is 842. The largest absolute Gasteiger partial charge is 0.497 e. The van der Waals surface area contributed by atoms with Crippen LogP contribution in [0.2, 0.25) is 0 Å².